The van der Waals surface area contributed by atoms with Crippen molar-refractivity contribution in [3.05, 3.63) is 53.5 Å². The Morgan fingerprint density at radius 1 is 1.15 bits per heavy atom. The monoisotopic (exact) mass is 296 g/mol. The highest BCUT2D eigenvalue weighted by atomic mass is 32.2. The number of hydrogen-bond acceptors (Lipinski definition) is 5. The minimum Gasteiger partial charge on any atom is -0.475 e. The molecule has 20 heavy (non-hydrogen) atoms. The van der Waals surface area contributed by atoms with E-state index in [-0.39, 0.29) is 16.4 Å². The van der Waals surface area contributed by atoms with Crippen LogP contribution in [0.3, 0.4) is 0 Å². The summed E-state index contributed by atoms with van der Waals surface area (Å²) in [7, 11) is -3.30. The molecule has 0 aliphatic heterocycles. The lowest BCUT2D eigenvalue weighted by molar-refractivity contribution is 0.0655. The van der Waals surface area contributed by atoms with Gasteiger partial charge < -0.3 is 14.6 Å². The van der Waals surface area contributed by atoms with E-state index in [0.717, 1.165) is 6.26 Å². The van der Waals surface area contributed by atoms with E-state index in [2.05, 4.69) is 0 Å². The minimum atomic E-state index is -3.30. The molecule has 2 N–H and O–H groups in total. The van der Waals surface area contributed by atoms with Crippen LogP contribution in [0.5, 0.6) is 0 Å². The summed E-state index contributed by atoms with van der Waals surface area (Å²) in [5, 5.41) is 18.8. The van der Waals surface area contributed by atoms with Crippen LogP contribution in [0.1, 0.15) is 28.0 Å². The van der Waals surface area contributed by atoms with Gasteiger partial charge in [-0.15, -0.1) is 0 Å². The quantitative estimate of drug-likeness (QED) is 0.885. The van der Waals surface area contributed by atoms with Gasteiger partial charge in [-0.05, 0) is 29.8 Å². The molecular weight excluding hydrogens is 284 g/mol. The van der Waals surface area contributed by atoms with E-state index < -0.39 is 21.9 Å². The molecule has 1 atom stereocenters. The molecule has 0 saturated carbocycles. The zero-order valence-electron chi connectivity index (χ0n) is 10.5. The van der Waals surface area contributed by atoms with Crippen LogP contribution >= 0.6 is 0 Å². The molecule has 106 valence electrons. The number of aliphatic hydroxyl groups is 1. The van der Waals surface area contributed by atoms with Crippen molar-refractivity contribution in [1.82, 2.24) is 0 Å². The van der Waals surface area contributed by atoms with E-state index in [0.29, 0.717) is 5.56 Å². The molecule has 2 rings (SSSR count). The van der Waals surface area contributed by atoms with Gasteiger partial charge in [-0.1, -0.05) is 12.1 Å². The zero-order valence-corrected chi connectivity index (χ0v) is 11.3. The van der Waals surface area contributed by atoms with Gasteiger partial charge in [0.15, 0.2) is 9.84 Å². The molecule has 2 aromatic rings. The lowest BCUT2D eigenvalue weighted by Crippen LogP contribution is -2.01. The summed E-state index contributed by atoms with van der Waals surface area (Å²) < 4.78 is 27.6. The Labute approximate surface area is 115 Å². The molecule has 0 amide bonds. The number of sulfone groups is 1. The Balaban J connectivity index is 2.28. The zero-order chi connectivity index (χ0) is 14.9. The number of hydrogen-bond donors (Lipinski definition) is 2. The molecule has 6 nitrogen and oxygen atoms in total. The average Bonchev–Trinajstić information content (AvgIpc) is 2.86. The van der Waals surface area contributed by atoms with Crippen molar-refractivity contribution in [3.63, 3.8) is 0 Å². The summed E-state index contributed by atoms with van der Waals surface area (Å²) in [6.45, 7) is 0. The third-order valence-electron chi connectivity index (χ3n) is 2.73. The Morgan fingerprint density at radius 2 is 1.75 bits per heavy atom. The van der Waals surface area contributed by atoms with Gasteiger partial charge >= 0.3 is 5.97 Å². The van der Waals surface area contributed by atoms with Crippen molar-refractivity contribution in [2.24, 2.45) is 0 Å². The second-order valence-corrected chi connectivity index (χ2v) is 6.27. The van der Waals surface area contributed by atoms with Crippen LogP contribution in [0, 0.1) is 0 Å². The summed E-state index contributed by atoms with van der Waals surface area (Å²) in [5.74, 6) is -1.42. The number of carboxylic acid groups (broad SMARTS) is 1. The van der Waals surface area contributed by atoms with Gasteiger partial charge in [0.25, 0.3) is 0 Å². The van der Waals surface area contributed by atoms with Crippen molar-refractivity contribution in [2.75, 3.05) is 6.26 Å². The van der Waals surface area contributed by atoms with Crippen molar-refractivity contribution in [2.45, 2.75) is 11.0 Å². The molecule has 0 spiro atoms. The van der Waals surface area contributed by atoms with Crippen LogP contribution in [0.15, 0.2) is 45.7 Å². The first-order valence-electron chi connectivity index (χ1n) is 5.60. The molecule has 7 heteroatoms. The number of aliphatic hydroxyl groups excluding tert-OH is 1. The molecule has 0 aliphatic rings. The van der Waals surface area contributed by atoms with Crippen molar-refractivity contribution < 1.29 is 27.8 Å². The molecule has 0 radical (unpaired) electrons. The van der Waals surface area contributed by atoms with Gasteiger partial charge in [-0.3, -0.25) is 0 Å². The number of rotatable bonds is 4. The number of benzene rings is 1. The van der Waals surface area contributed by atoms with Gasteiger partial charge in [0.2, 0.25) is 5.76 Å². The van der Waals surface area contributed by atoms with E-state index in [1.54, 1.807) is 0 Å². The Morgan fingerprint density at radius 3 is 2.20 bits per heavy atom. The van der Waals surface area contributed by atoms with E-state index in [4.69, 9.17) is 9.52 Å². The topological polar surface area (TPSA) is 105 Å². The molecule has 0 fully saturated rings. The first-order valence-corrected chi connectivity index (χ1v) is 7.49. The second kappa shape index (κ2) is 5.10. The van der Waals surface area contributed by atoms with Gasteiger partial charge in [0, 0.05) is 6.26 Å². The maximum absolute atomic E-state index is 11.3. The number of furan rings is 1. The van der Waals surface area contributed by atoms with Crippen LogP contribution in [0.2, 0.25) is 0 Å². The number of carbonyl (C=O) groups is 1. The van der Waals surface area contributed by atoms with E-state index >= 15 is 0 Å². The third-order valence-corrected chi connectivity index (χ3v) is 3.86. The van der Waals surface area contributed by atoms with Crippen molar-refractivity contribution >= 4 is 15.8 Å². The summed E-state index contributed by atoms with van der Waals surface area (Å²) in [5.41, 5.74) is 0.406. The molecular formula is C13H12O6S. The smallest absolute Gasteiger partial charge is 0.371 e. The SMILES string of the molecule is CS(=O)(=O)c1ccc(C(O)c2ccc(C(=O)O)o2)cc1. The fraction of sp³-hybridized carbons (Fsp3) is 0.154. The molecule has 0 aliphatic carbocycles. The van der Waals surface area contributed by atoms with E-state index in [1.165, 1.54) is 36.4 Å². The Kier molecular flexibility index (Phi) is 3.65. The van der Waals surface area contributed by atoms with Crippen LogP contribution in [-0.2, 0) is 9.84 Å². The molecule has 1 aromatic heterocycles. The van der Waals surface area contributed by atoms with Crippen LogP contribution in [0.25, 0.3) is 0 Å². The first-order chi connectivity index (χ1) is 9.29. The molecule has 1 aromatic carbocycles. The largest absolute Gasteiger partial charge is 0.475 e. The average molecular weight is 296 g/mol. The lowest BCUT2D eigenvalue weighted by Gasteiger charge is -2.08. The fourth-order valence-electron chi connectivity index (χ4n) is 1.68. The van der Waals surface area contributed by atoms with Gasteiger partial charge in [-0.25, -0.2) is 13.2 Å². The summed E-state index contributed by atoms with van der Waals surface area (Å²) in [6.07, 6.45) is -0.0684. The predicted molar refractivity (Wildman–Crippen MR) is 69.3 cm³/mol. The predicted octanol–water partition coefficient (Wildman–Crippen LogP) is 1.46. The van der Waals surface area contributed by atoms with Gasteiger partial charge in [0.1, 0.15) is 11.9 Å². The molecule has 1 heterocycles. The molecule has 0 saturated heterocycles. The highest BCUT2D eigenvalue weighted by Crippen LogP contribution is 2.25. The third kappa shape index (κ3) is 2.89. The van der Waals surface area contributed by atoms with Gasteiger partial charge in [-0.2, -0.15) is 0 Å². The highest BCUT2D eigenvalue weighted by Gasteiger charge is 2.18. The molecule has 0 bridgehead atoms. The Hall–Kier alpha value is -2.12. The summed E-state index contributed by atoms with van der Waals surface area (Å²) >= 11 is 0. The number of aromatic carboxylic acids is 1. The second-order valence-electron chi connectivity index (χ2n) is 4.25. The lowest BCUT2D eigenvalue weighted by atomic mass is 10.1. The highest BCUT2D eigenvalue weighted by molar-refractivity contribution is 7.90. The maximum atomic E-state index is 11.3. The first kappa shape index (κ1) is 14.3. The molecule has 1 unspecified atom stereocenters. The standard InChI is InChI=1S/C13H12O6S/c1-20(17,18)9-4-2-8(3-5-9)12(14)10-6-7-11(19-10)13(15)16/h2-7,12,14H,1H3,(H,15,16). The summed E-state index contributed by atoms with van der Waals surface area (Å²) in [4.78, 5) is 10.8. The van der Waals surface area contributed by atoms with Crippen molar-refractivity contribution in [1.29, 1.82) is 0 Å². The van der Waals surface area contributed by atoms with E-state index in [9.17, 15) is 18.3 Å². The van der Waals surface area contributed by atoms with Gasteiger partial charge in [0.05, 0.1) is 4.90 Å². The Bertz CT molecular complexity index is 726. The van der Waals surface area contributed by atoms with Crippen LogP contribution in [0.4, 0.5) is 0 Å². The van der Waals surface area contributed by atoms with E-state index in [1.807, 2.05) is 0 Å². The maximum Gasteiger partial charge on any atom is 0.371 e. The fourth-order valence-corrected chi connectivity index (χ4v) is 2.31. The van der Waals surface area contributed by atoms with Crippen molar-refractivity contribution in [3.8, 4) is 0 Å². The van der Waals surface area contributed by atoms with Crippen LogP contribution in [-0.4, -0.2) is 30.9 Å². The van der Waals surface area contributed by atoms with Crippen LogP contribution < -0.4 is 0 Å². The minimum absolute atomic E-state index is 0.0782. The normalized spacial score (nSPS) is 13.1. The summed E-state index contributed by atoms with van der Waals surface area (Å²) in [6, 6.07) is 8.24. The number of carboxylic acids is 1.